The van der Waals surface area contributed by atoms with Crippen molar-refractivity contribution in [1.29, 1.82) is 0 Å². The third-order valence-corrected chi connectivity index (χ3v) is 5.54. The molecule has 1 amide bonds. The Morgan fingerprint density at radius 3 is 2.69 bits per heavy atom. The number of halogens is 1. The summed E-state index contributed by atoms with van der Waals surface area (Å²) in [5, 5.41) is 0. The van der Waals surface area contributed by atoms with E-state index in [0.29, 0.717) is 18.9 Å². The van der Waals surface area contributed by atoms with E-state index in [1.807, 2.05) is 17.2 Å². The first-order valence-corrected chi connectivity index (χ1v) is 10.1. The molecule has 0 radical (unpaired) electrons. The molecule has 6 nitrogen and oxygen atoms in total. The number of hydrogen-bond acceptors (Lipinski definition) is 5. The quantitative estimate of drug-likeness (QED) is 0.747. The van der Waals surface area contributed by atoms with Gasteiger partial charge in [0.15, 0.2) is 0 Å². The molecule has 1 aromatic heterocycles. The van der Waals surface area contributed by atoms with E-state index in [1.165, 1.54) is 17.7 Å². The van der Waals surface area contributed by atoms with Gasteiger partial charge in [0.1, 0.15) is 30.9 Å². The number of carbonyl (C=O) groups is 1. The van der Waals surface area contributed by atoms with Gasteiger partial charge in [-0.2, -0.15) is 0 Å². The van der Waals surface area contributed by atoms with Crippen LogP contribution < -0.4 is 4.74 Å². The Kier molecular flexibility index (Phi) is 6.36. The number of carbonyl (C=O) groups excluding carboxylic acids is 1. The Labute approximate surface area is 170 Å². The lowest BCUT2D eigenvalue weighted by Gasteiger charge is -2.42. The second kappa shape index (κ2) is 9.33. The van der Waals surface area contributed by atoms with Crippen LogP contribution in [0.15, 0.2) is 48.8 Å². The Hall–Kier alpha value is -2.51. The minimum absolute atomic E-state index is 0.0498. The molecule has 0 bridgehead atoms. The third-order valence-electron chi connectivity index (χ3n) is 5.54. The number of hydrogen-bond donors (Lipinski definition) is 0. The summed E-state index contributed by atoms with van der Waals surface area (Å²) in [4.78, 5) is 21.0. The fraction of sp³-hybridized carbons (Fsp3) is 0.455. The molecule has 2 fully saturated rings. The molecular formula is C22H26FN3O3. The number of rotatable bonds is 6. The van der Waals surface area contributed by atoms with Crippen LogP contribution in [0.3, 0.4) is 0 Å². The maximum atomic E-state index is 13.0. The van der Waals surface area contributed by atoms with Crippen molar-refractivity contribution >= 4 is 5.91 Å². The molecule has 0 saturated carbocycles. The van der Waals surface area contributed by atoms with Gasteiger partial charge < -0.3 is 14.4 Å². The summed E-state index contributed by atoms with van der Waals surface area (Å²) in [6, 6.07) is 10.2. The molecular weight excluding hydrogens is 373 g/mol. The molecule has 0 unspecified atom stereocenters. The Bertz CT molecular complexity index is 795. The highest BCUT2D eigenvalue weighted by atomic mass is 19.1. The van der Waals surface area contributed by atoms with Crippen LogP contribution in [0.1, 0.15) is 18.4 Å². The van der Waals surface area contributed by atoms with Crippen LogP contribution >= 0.6 is 0 Å². The first-order valence-electron chi connectivity index (χ1n) is 10.1. The van der Waals surface area contributed by atoms with Gasteiger partial charge in [-0.05, 0) is 48.7 Å². The van der Waals surface area contributed by atoms with Gasteiger partial charge >= 0.3 is 0 Å². The number of aromatic nitrogens is 1. The van der Waals surface area contributed by atoms with E-state index < -0.39 is 0 Å². The molecule has 7 heteroatoms. The predicted octanol–water partition coefficient (Wildman–Crippen LogP) is 2.49. The van der Waals surface area contributed by atoms with Gasteiger partial charge in [-0.25, -0.2) is 4.39 Å². The molecule has 0 spiro atoms. The van der Waals surface area contributed by atoms with Crippen molar-refractivity contribution in [1.82, 2.24) is 14.8 Å². The van der Waals surface area contributed by atoms with Gasteiger partial charge in [0, 0.05) is 38.1 Å². The smallest absolute Gasteiger partial charge is 0.248 e. The Morgan fingerprint density at radius 2 is 1.97 bits per heavy atom. The average Bonchev–Trinajstić information content (AvgIpc) is 2.76. The average molecular weight is 399 g/mol. The second-order valence-electron chi connectivity index (χ2n) is 7.61. The van der Waals surface area contributed by atoms with Crippen LogP contribution in [0.2, 0.25) is 0 Å². The van der Waals surface area contributed by atoms with Gasteiger partial charge in [0.2, 0.25) is 5.91 Å². The molecule has 4 rings (SSSR count). The number of piperidine rings is 1. The van der Waals surface area contributed by atoms with Crippen molar-refractivity contribution in [2.75, 3.05) is 32.8 Å². The number of morpholine rings is 1. The van der Waals surface area contributed by atoms with Crippen molar-refractivity contribution in [2.45, 2.75) is 31.5 Å². The molecule has 2 aliphatic heterocycles. The summed E-state index contributed by atoms with van der Waals surface area (Å²) in [5.41, 5.74) is 1.21. The van der Waals surface area contributed by atoms with Crippen LogP contribution in [0.5, 0.6) is 5.75 Å². The van der Waals surface area contributed by atoms with Gasteiger partial charge in [-0.1, -0.05) is 6.07 Å². The van der Waals surface area contributed by atoms with Gasteiger partial charge in [-0.15, -0.1) is 0 Å². The third kappa shape index (κ3) is 5.31. The molecule has 3 heterocycles. The standard InChI is InChI=1S/C22H26FN3O3/c23-18-3-5-20(6-4-18)28-15-21-14-26(22(27)16-29-21)19-7-10-25(11-8-19)13-17-2-1-9-24-12-17/h1-6,9,12,19,21H,7-8,10-11,13-16H2/t21-/m0/s1. The van der Waals surface area contributed by atoms with Gasteiger partial charge in [-0.3, -0.25) is 14.7 Å². The van der Waals surface area contributed by atoms with Gasteiger partial charge in [0.25, 0.3) is 0 Å². The van der Waals surface area contributed by atoms with E-state index in [9.17, 15) is 9.18 Å². The Balaban J connectivity index is 1.26. The number of amides is 1. The van der Waals surface area contributed by atoms with E-state index in [0.717, 1.165) is 32.5 Å². The van der Waals surface area contributed by atoms with E-state index >= 15 is 0 Å². The summed E-state index contributed by atoms with van der Waals surface area (Å²) in [6.07, 6.45) is 5.43. The highest BCUT2D eigenvalue weighted by molar-refractivity contribution is 5.78. The lowest BCUT2D eigenvalue weighted by molar-refractivity contribution is -0.155. The molecule has 1 aromatic carbocycles. The van der Waals surface area contributed by atoms with E-state index in [4.69, 9.17) is 9.47 Å². The molecule has 29 heavy (non-hydrogen) atoms. The zero-order chi connectivity index (χ0) is 20.1. The fourth-order valence-electron chi connectivity index (χ4n) is 3.96. The summed E-state index contributed by atoms with van der Waals surface area (Å²) in [6.45, 7) is 3.78. The van der Waals surface area contributed by atoms with E-state index in [1.54, 1.807) is 18.3 Å². The van der Waals surface area contributed by atoms with Crippen molar-refractivity contribution < 1.29 is 18.7 Å². The monoisotopic (exact) mass is 399 g/mol. The lowest BCUT2D eigenvalue weighted by Crippen LogP contribution is -2.55. The SMILES string of the molecule is O=C1CO[C@H](COc2ccc(F)cc2)CN1C1CCN(Cc2cccnc2)CC1. The zero-order valence-electron chi connectivity index (χ0n) is 16.4. The topological polar surface area (TPSA) is 54.9 Å². The number of ether oxygens (including phenoxy) is 2. The minimum atomic E-state index is -0.294. The maximum absolute atomic E-state index is 13.0. The number of benzene rings is 1. The van der Waals surface area contributed by atoms with Crippen molar-refractivity contribution in [3.05, 3.63) is 60.2 Å². The molecule has 1 atom stereocenters. The van der Waals surface area contributed by atoms with Crippen LogP contribution in [0, 0.1) is 5.82 Å². The zero-order valence-corrected chi connectivity index (χ0v) is 16.4. The van der Waals surface area contributed by atoms with Crippen LogP contribution in [-0.2, 0) is 16.1 Å². The lowest BCUT2D eigenvalue weighted by atomic mass is 10.0. The van der Waals surface area contributed by atoms with Crippen molar-refractivity contribution in [3.63, 3.8) is 0 Å². The fourth-order valence-corrected chi connectivity index (χ4v) is 3.96. The number of pyridine rings is 1. The maximum Gasteiger partial charge on any atom is 0.248 e. The molecule has 0 N–H and O–H groups in total. The highest BCUT2D eigenvalue weighted by Gasteiger charge is 2.33. The first-order chi connectivity index (χ1) is 14.2. The molecule has 2 aromatic rings. The van der Waals surface area contributed by atoms with E-state index in [2.05, 4.69) is 16.0 Å². The van der Waals surface area contributed by atoms with Crippen LogP contribution in [-0.4, -0.2) is 65.7 Å². The first kappa shape index (κ1) is 19.8. The molecule has 2 aliphatic rings. The molecule has 154 valence electrons. The summed E-state index contributed by atoms with van der Waals surface area (Å²) >= 11 is 0. The number of likely N-dealkylation sites (tertiary alicyclic amines) is 1. The summed E-state index contributed by atoms with van der Waals surface area (Å²) < 4.78 is 24.4. The molecule has 0 aliphatic carbocycles. The predicted molar refractivity (Wildman–Crippen MR) is 106 cm³/mol. The van der Waals surface area contributed by atoms with Crippen LogP contribution in [0.25, 0.3) is 0 Å². The van der Waals surface area contributed by atoms with Crippen molar-refractivity contribution in [3.8, 4) is 5.75 Å². The van der Waals surface area contributed by atoms with Crippen LogP contribution in [0.4, 0.5) is 4.39 Å². The number of nitrogens with zero attached hydrogens (tertiary/aromatic N) is 3. The largest absolute Gasteiger partial charge is 0.491 e. The highest BCUT2D eigenvalue weighted by Crippen LogP contribution is 2.22. The molecule has 2 saturated heterocycles. The van der Waals surface area contributed by atoms with Gasteiger partial charge in [0.05, 0.1) is 6.54 Å². The minimum Gasteiger partial charge on any atom is -0.491 e. The second-order valence-corrected chi connectivity index (χ2v) is 7.61. The summed E-state index contributed by atoms with van der Waals surface area (Å²) in [7, 11) is 0. The van der Waals surface area contributed by atoms with Crippen molar-refractivity contribution in [2.24, 2.45) is 0 Å². The van der Waals surface area contributed by atoms with E-state index in [-0.39, 0.29) is 30.5 Å². The summed E-state index contributed by atoms with van der Waals surface area (Å²) in [5.74, 6) is 0.355. The normalized spacial score (nSPS) is 21.3. The Morgan fingerprint density at radius 1 is 1.17 bits per heavy atom.